The number of nitrogens with zero attached hydrogens (tertiary/aromatic N) is 1. The smallest absolute Gasteiger partial charge is 0.326 e. The van der Waals surface area contributed by atoms with Crippen LogP contribution in [0.25, 0.3) is 0 Å². The van der Waals surface area contributed by atoms with Gasteiger partial charge in [0.15, 0.2) is 0 Å². The minimum Gasteiger partial charge on any atom is -0.480 e. The lowest BCUT2D eigenvalue weighted by Crippen LogP contribution is -2.46. The lowest BCUT2D eigenvalue weighted by atomic mass is 10.1. The fourth-order valence-electron chi connectivity index (χ4n) is 2.47. The summed E-state index contributed by atoms with van der Waals surface area (Å²) in [4.78, 5) is 24.7. The van der Waals surface area contributed by atoms with Crippen LogP contribution in [0, 0.1) is 0 Å². The molecule has 1 aliphatic rings. The quantitative estimate of drug-likeness (QED) is 0.893. The fourth-order valence-corrected chi connectivity index (χ4v) is 3.04. The Kier molecular flexibility index (Phi) is 4.96. The summed E-state index contributed by atoms with van der Waals surface area (Å²) in [6.07, 6.45) is 1.18. The number of halogens is 2. The maximum absolute atomic E-state index is 12.2. The van der Waals surface area contributed by atoms with Crippen LogP contribution in [0.4, 0.5) is 4.79 Å². The number of hydrogen-bond acceptors (Lipinski definition) is 2. The van der Waals surface area contributed by atoms with Crippen molar-refractivity contribution in [2.24, 2.45) is 0 Å². The summed E-state index contributed by atoms with van der Waals surface area (Å²) < 4.78 is 0. The Bertz CT molecular complexity index is 565. The molecule has 0 bridgehead atoms. The van der Waals surface area contributed by atoms with Crippen molar-refractivity contribution < 1.29 is 14.7 Å². The van der Waals surface area contributed by atoms with Gasteiger partial charge in [-0.15, -0.1) is 0 Å². The average Bonchev–Trinajstić information content (AvgIpc) is 2.87. The first-order valence-electron chi connectivity index (χ1n) is 6.65. The van der Waals surface area contributed by atoms with E-state index >= 15 is 0 Å². The van der Waals surface area contributed by atoms with Crippen molar-refractivity contribution in [2.45, 2.75) is 31.8 Å². The summed E-state index contributed by atoms with van der Waals surface area (Å²) in [6.45, 7) is 2.24. The van der Waals surface area contributed by atoms with Gasteiger partial charge in [-0.3, -0.25) is 0 Å². The minimum atomic E-state index is -0.972. The van der Waals surface area contributed by atoms with Gasteiger partial charge in [0, 0.05) is 16.6 Å². The van der Waals surface area contributed by atoms with Crippen LogP contribution >= 0.6 is 23.2 Å². The number of aliphatic carboxylic acids is 1. The highest BCUT2D eigenvalue weighted by Crippen LogP contribution is 2.26. The zero-order valence-electron chi connectivity index (χ0n) is 11.5. The molecule has 1 aliphatic heterocycles. The number of rotatable bonds is 3. The number of carboxylic acid groups (broad SMARTS) is 1. The Morgan fingerprint density at radius 3 is 2.76 bits per heavy atom. The Morgan fingerprint density at radius 1 is 1.43 bits per heavy atom. The Labute approximate surface area is 132 Å². The van der Waals surface area contributed by atoms with Crippen molar-refractivity contribution in [2.75, 3.05) is 6.54 Å². The highest BCUT2D eigenvalue weighted by Gasteiger charge is 2.34. The molecule has 21 heavy (non-hydrogen) atoms. The molecule has 114 valence electrons. The molecule has 2 atom stereocenters. The largest absolute Gasteiger partial charge is 0.480 e. The van der Waals surface area contributed by atoms with Crippen molar-refractivity contribution in [3.05, 3.63) is 33.8 Å². The topological polar surface area (TPSA) is 69.6 Å². The van der Waals surface area contributed by atoms with Crippen LogP contribution in [-0.2, 0) is 4.79 Å². The second-order valence-electron chi connectivity index (χ2n) is 5.03. The zero-order chi connectivity index (χ0) is 15.6. The summed E-state index contributed by atoms with van der Waals surface area (Å²) in [7, 11) is 0. The van der Waals surface area contributed by atoms with E-state index in [4.69, 9.17) is 28.3 Å². The van der Waals surface area contributed by atoms with Crippen molar-refractivity contribution in [1.82, 2.24) is 10.2 Å². The van der Waals surface area contributed by atoms with Gasteiger partial charge in [-0.05, 0) is 37.5 Å². The number of carbonyl (C=O) groups is 2. The van der Waals surface area contributed by atoms with Gasteiger partial charge in [-0.1, -0.05) is 29.3 Å². The van der Waals surface area contributed by atoms with Gasteiger partial charge >= 0.3 is 12.0 Å². The molecule has 1 saturated heterocycles. The Morgan fingerprint density at radius 2 is 2.14 bits per heavy atom. The Hall–Kier alpha value is -1.46. The summed E-state index contributed by atoms with van der Waals surface area (Å²) in [5.41, 5.74) is 0.737. The molecule has 0 spiro atoms. The number of carbonyl (C=O) groups excluding carboxylic acids is 1. The number of benzene rings is 1. The third kappa shape index (κ3) is 3.60. The molecule has 1 aromatic rings. The maximum atomic E-state index is 12.2. The predicted octanol–water partition coefficient (Wildman–Crippen LogP) is 3.31. The van der Waals surface area contributed by atoms with Gasteiger partial charge in [0.05, 0.1) is 6.04 Å². The van der Waals surface area contributed by atoms with Crippen LogP contribution < -0.4 is 5.32 Å². The molecule has 1 unspecified atom stereocenters. The van der Waals surface area contributed by atoms with Gasteiger partial charge in [0.2, 0.25) is 0 Å². The molecule has 7 heteroatoms. The fraction of sp³-hybridized carbons (Fsp3) is 0.429. The van der Waals surface area contributed by atoms with Crippen LogP contribution in [-0.4, -0.2) is 34.6 Å². The van der Waals surface area contributed by atoms with Gasteiger partial charge < -0.3 is 15.3 Å². The first kappa shape index (κ1) is 15.9. The van der Waals surface area contributed by atoms with Crippen LogP contribution in [0.1, 0.15) is 31.4 Å². The minimum absolute atomic E-state index is 0.336. The predicted molar refractivity (Wildman–Crippen MR) is 80.8 cm³/mol. The first-order valence-corrected chi connectivity index (χ1v) is 7.40. The number of urea groups is 1. The molecule has 0 aliphatic carbocycles. The van der Waals surface area contributed by atoms with E-state index in [-0.39, 0.29) is 6.04 Å². The zero-order valence-corrected chi connectivity index (χ0v) is 13.0. The summed E-state index contributed by atoms with van der Waals surface area (Å²) >= 11 is 11.9. The highest BCUT2D eigenvalue weighted by molar-refractivity contribution is 6.35. The molecule has 1 aromatic carbocycles. The van der Waals surface area contributed by atoms with E-state index in [0.717, 1.165) is 5.56 Å². The SMILES string of the molecule is CC(NC(=O)N1CCC[C@H]1C(=O)O)c1ccc(Cl)cc1Cl. The van der Waals surface area contributed by atoms with Gasteiger partial charge in [0.1, 0.15) is 6.04 Å². The number of likely N-dealkylation sites (tertiary alicyclic amines) is 1. The van der Waals surface area contributed by atoms with E-state index in [1.54, 1.807) is 25.1 Å². The first-order chi connectivity index (χ1) is 9.90. The third-order valence-corrected chi connectivity index (χ3v) is 4.13. The molecule has 0 saturated carbocycles. The van der Waals surface area contributed by atoms with E-state index in [1.807, 2.05) is 0 Å². The van der Waals surface area contributed by atoms with Gasteiger partial charge in [-0.25, -0.2) is 9.59 Å². The van der Waals surface area contributed by atoms with Gasteiger partial charge in [0.25, 0.3) is 0 Å². The molecule has 2 N–H and O–H groups in total. The van der Waals surface area contributed by atoms with E-state index in [9.17, 15) is 9.59 Å². The van der Waals surface area contributed by atoms with Crippen LogP contribution in [0.15, 0.2) is 18.2 Å². The Balaban J connectivity index is 2.06. The lowest BCUT2D eigenvalue weighted by Gasteiger charge is -2.25. The molecule has 1 heterocycles. The molecule has 5 nitrogen and oxygen atoms in total. The van der Waals surface area contributed by atoms with E-state index < -0.39 is 18.0 Å². The molecule has 2 amide bonds. The maximum Gasteiger partial charge on any atom is 0.326 e. The van der Waals surface area contributed by atoms with E-state index in [0.29, 0.717) is 29.4 Å². The van der Waals surface area contributed by atoms with Crippen LogP contribution in [0.3, 0.4) is 0 Å². The number of amides is 2. The van der Waals surface area contributed by atoms with Crippen molar-refractivity contribution in [3.63, 3.8) is 0 Å². The van der Waals surface area contributed by atoms with Crippen LogP contribution in [0.2, 0.25) is 10.0 Å². The third-order valence-electron chi connectivity index (χ3n) is 3.57. The highest BCUT2D eigenvalue weighted by atomic mass is 35.5. The van der Waals surface area contributed by atoms with Crippen molar-refractivity contribution in [3.8, 4) is 0 Å². The molecule has 0 aromatic heterocycles. The van der Waals surface area contributed by atoms with Crippen LogP contribution in [0.5, 0.6) is 0 Å². The van der Waals surface area contributed by atoms with Crippen molar-refractivity contribution >= 4 is 35.2 Å². The molecule has 0 radical (unpaired) electrons. The lowest BCUT2D eigenvalue weighted by molar-refractivity contribution is -0.141. The summed E-state index contributed by atoms with van der Waals surface area (Å²) in [6, 6.07) is 3.57. The summed E-state index contributed by atoms with van der Waals surface area (Å²) in [5.74, 6) is -0.972. The van der Waals surface area contributed by atoms with Crippen molar-refractivity contribution in [1.29, 1.82) is 0 Å². The average molecular weight is 331 g/mol. The molecule has 1 fully saturated rings. The second kappa shape index (κ2) is 6.54. The molecular formula is C14H16Cl2N2O3. The number of carboxylic acids is 1. The van der Waals surface area contributed by atoms with Gasteiger partial charge in [-0.2, -0.15) is 0 Å². The number of nitrogens with one attached hydrogen (secondary N) is 1. The van der Waals surface area contributed by atoms with E-state index in [1.165, 1.54) is 4.90 Å². The monoisotopic (exact) mass is 330 g/mol. The van der Waals surface area contributed by atoms with E-state index in [2.05, 4.69) is 5.32 Å². The summed E-state index contributed by atoms with van der Waals surface area (Å²) in [5, 5.41) is 12.9. The second-order valence-corrected chi connectivity index (χ2v) is 5.87. The number of hydrogen-bond donors (Lipinski definition) is 2. The molecule has 2 rings (SSSR count). The molecular weight excluding hydrogens is 315 g/mol. The standard InChI is InChI=1S/C14H16Cl2N2O3/c1-8(10-5-4-9(15)7-11(10)16)17-14(21)18-6-2-3-12(18)13(19)20/h4-5,7-8,12H,2-3,6H2,1H3,(H,17,21)(H,19,20)/t8?,12-/m0/s1. The normalized spacial score (nSPS) is 19.4.